The summed E-state index contributed by atoms with van der Waals surface area (Å²) < 4.78 is 22.0. The molecule has 1 aliphatic heterocycles. The van der Waals surface area contributed by atoms with Gasteiger partial charge in [0, 0.05) is 10.6 Å². The fourth-order valence-corrected chi connectivity index (χ4v) is 3.96. The molecule has 7 nitrogen and oxygen atoms in total. The first-order valence-electron chi connectivity index (χ1n) is 10.0. The van der Waals surface area contributed by atoms with Crippen LogP contribution in [-0.2, 0) is 20.9 Å². The monoisotopic (exact) mass is 488 g/mol. The second-order valence-electron chi connectivity index (χ2n) is 7.03. The van der Waals surface area contributed by atoms with Crippen molar-refractivity contribution < 1.29 is 23.7 Å². The van der Waals surface area contributed by atoms with Crippen LogP contribution >= 0.6 is 23.2 Å². The van der Waals surface area contributed by atoms with E-state index in [1.165, 1.54) is 7.11 Å². The topological polar surface area (TPSA) is 104 Å². The van der Waals surface area contributed by atoms with E-state index < -0.39 is 11.9 Å². The van der Waals surface area contributed by atoms with Crippen LogP contribution in [0.15, 0.2) is 59.2 Å². The molecule has 1 heterocycles. The molecule has 0 saturated heterocycles. The number of carbonyl (C=O) groups excluding carboxylic acids is 1. The van der Waals surface area contributed by atoms with Crippen LogP contribution in [0.25, 0.3) is 0 Å². The predicted octanol–water partition coefficient (Wildman–Crippen LogP) is 5.23. The summed E-state index contributed by atoms with van der Waals surface area (Å²) in [7, 11) is 1.46. The lowest BCUT2D eigenvalue weighted by Gasteiger charge is -2.27. The molecule has 0 bridgehead atoms. The number of ether oxygens (including phenoxy) is 4. The second-order valence-corrected chi connectivity index (χ2v) is 7.84. The predicted molar refractivity (Wildman–Crippen MR) is 124 cm³/mol. The smallest absolute Gasteiger partial charge is 0.338 e. The van der Waals surface area contributed by atoms with Crippen molar-refractivity contribution in [3.8, 4) is 17.6 Å². The molecule has 0 amide bonds. The highest BCUT2D eigenvalue weighted by atomic mass is 35.5. The van der Waals surface area contributed by atoms with Crippen molar-refractivity contribution >= 4 is 29.2 Å². The van der Waals surface area contributed by atoms with Crippen LogP contribution in [0.1, 0.15) is 30.9 Å². The molecule has 2 aromatic carbocycles. The van der Waals surface area contributed by atoms with Crippen LogP contribution in [0, 0.1) is 11.3 Å². The van der Waals surface area contributed by atoms with Gasteiger partial charge in [0.05, 0.1) is 30.2 Å². The second kappa shape index (κ2) is 10.5. The standard InChI is InChI=1S/C24H22Cl2N2O5/c1-4-31-24(29)20-13(2)33-23(28)16(11-27)21(20)15-9-18(26)22(19(10-15)30-3)32-12-14-7-5-6-8-17(14)25/h5-10,21H,4,12,28H2,1-3H3. The van der Waals surface area contributed by atoms with Crippen molar-refractivity contribution in [3.63, 3.8) is 0 Å². The normalized spacial score (nSPS) is 15.6. The summed E-state index contributed by atoms with van der Waals surface area (Å²) in [5.74, 6) is -0.719. The van der Waals surface area contributed by atoms with Crippen molar-refractivity contribution in [2.24, 2.45) is 5.73 Å². The van der Waals surface area contributed by atoms with Crippen molar-refractivity contribution in [3.05, 3.63) is 80.4 Å². The number of allylic oxidation sites excluding steroid dienone is 2. The Labute approximate surface area is 201 Å². The molecular formula is C24H22Cl2N2O5. The summed E-state index contributed by atoms with van der Waals surface area (Å²) in [5.41, 5.74) is 7.44. The quantitative estimate of drug-likeness (QED) is 0.532. The fourth-order valence-electron chi connectivity index (χ4n) is 3.50. The highest BCUT2D eigenvalue weighted by Gasteiger charge is 2.37. The molecule has 0 fully saturated rings. The molecule has 0 radical (unpaired) electrons. The van der Waals surface area contributed by atoms with Crippen molar-refractivity contribution in [1.29, 1.82) is 5.26 Å². The lowest BCUT2D eigenvalue weighted by atomic mass is 9.83. The van der Waals surface area contributed by atoms with Gasteiger partial charge in [0.15, 0.2) is 11.5 Å². The molecule has 3 rings (SSSR count). The van der Waals surface area contributed by atoms with Gasteiger partial charge in [-0.3, -0.25) is 0 Å². The third kappa shape index (κ3) is 5.03. The number of carbonyl (C=O) groups is 1. The Hall–Kier alpha value is -3.34. The summed E-state index contributed by atoms with van der Waals surface area (Å²) >= 11 is 12.8. The average molecular weight is 489 g/mol. The van der Waals surface area contributed by atoms with E-state index in [2.05, 4.69) is 0 Å². The van der Waals surface area contributed by atoms with Gasteiger partial charge in [-0.05, 0) is 37.6 Å². The number of hydrogen-bond donors (Lipinski definition) is 1. The van der Waals surface area contributed by atoms with Gasteiger partial charge >= 0.3 is 5.97 Å². The van der Waals surface area contributed by atoms with E-state index >= 15 is 0 Å². The van der Waals surface area contributed by atoms with Crippen LogP contribution < -0.4 is 15.2 Å². The maximum Gasteiger partial charge on any atom is 0.338 e. The number of nitrogens with zero attached hydrogens (tertiary/aromatic N) is 1. The molecule has 1 aliphatic rings. The number of nitrogens with two attached hydrogens (primary N) is 1. The van der Waals surface area contributed by atoms with Gasteiger partial charge in [0.2, 0.25) is 5.88 Å². The van der Waals surface area contributed by atoms with Gasteiger partial charge in [0.1, 0.15) is 24.0 Å². The van der Waals surface area contributed by atoms with Gasteiger partial charge in [-0.2, -0.15) is 5.26 Å². The van der Waals surface area contributed by atoms with Crippen LogP contribution in [0.2, 0.25) is 10.0 Å². The van der Waals surface area contributed by atoms with Crippen molar-refractivity contribution in [2.75, 3.05) is 13.7 Å². The lowest BCUT2D eigenvalue weighted by molar-refractivity contribution is -0.139. The lowest BCUT2D eigenvalue weighted by Crippen LogP contribution is -2.25. The van der Waals surface area contributed by atoms with E-state index in [4.69, 9.17) is 47.9 Å². The van der Waals surface area contributed by atoms with Crippen molar-refractivity contribution in [2.45, 2.75) is 26.4 Å². The summed E-state index contributed by atoms with van der Waals surface area (Å²) in [6, 6.07) is 12.5. The van der Waals surface area contributed by atoms with Crippen LogP contribution in [-0.4, -0.2) is 19.7 Å². The summed E-state index contributed by atoms with van der Waals surface area (Å²) in [5, 5.41) is 10.5. The third-order valence-electron chi connectivity index (χ3n) is 5.02. The minimum atomic E-state index is -0.855. The molecule has 0 aliphatic carbocycles. The number of nitriles is 1. The fraction of sp³-hybridized carbons (Fsp3) is 0.250. The maximum atomic E-state index is 12.7. The number of rotatable bonds is 7. The Balaban J connectivity index is 2.06. The largest absolute Gasteiger partial charge is 0.493 e. The van der Waals surface area contributed by atoms with E-state index in [0.717, 1.165) is 5.56 Å². The molecule has 0 saturated carbocycles. The first-order chi connectivity index (χ1) is 15.8. The molecule has 2 aromatic rings. The number of benzene rings is 2. The number of hydrogen-bond acceptors (Lipinski definition) is 7. The zero-order valence-corrected chi connectivity index (χ0v) is 19.8. The van der Waals surface area contributed by atoms with E-state index in [9.17, 15) is 10.1 Å². The highest BCUT2D eigenvalue weighted by Crippen LogP contribution is 2.45. The molecule has 1 unspecified atom stereocenters. The van der Waals surface area contributed by atoms with Gasteiger partial charge in [0.25, 0.3) is 0 Å². The number of halogens is 2. The zero-order chi connectivity index (χ0) is 24.1. The van der Waals surface area contributed by atoms with Crippen LogP contribution in [0.4, 0.5) is 0 Å². The zero-order valence-electron chi connectivity index (χ0n) is 18.3. The molecule has 172 valence electrons. The molecular weight excluding hydrogens is 467 g/mol. The Bertz CT molecular complexity index is 1180. The summed E-state index contributed by atoms with van der Waals surface area (Å²) in [6.45, 7) is 3.59. The molecule has 33 heavy (non-hydrogen) atoms. The van der Waals surface area contributed by atoms with E-state index in [1.807, 2.05) is 24.3 Å². The van der Waals surface area contributed by atoms with Crippen molar-refractivity contribution in [1.82, 2.24) is 0 Å². The summed E-state index contributed by atoms with van der Waals surface area (Å²) in [4.78, 5) is 12.7. The number of esters is 1. The molecule has 2 N–H and O–H groups in total. The van der Waals surface area contributed by atoms with Crippen LogP contribution in [0.3, 0.4) is 0 Å². The highest BCUT2D eigenvalue weighted by molar-refractivity contribution is 6.32. The molecule has 1 atom stereocenters. The Morgan fingerprint density at radius 2 is 1.97 bits per heavy atom. The van der Waals surface area contributed by atoms with Gasteiger partial charge in [-0.1, -0.05) is 41.4 Å². The molecule has 9 heteroatoms. The Morgan fingerprint density at radius 1 is 1.24 bits per heavy atom. The van der Waals surface area contributed by atoms with Gasteiger partial charge in [-0.25, -0.2) is 4.79 Å². The van der Waals surface area contributed by atoms with E-state index in [-0.39, 0.29) is 41.0 Å². The maximum absolute atomic E-state index is 12.7. The third-order valence-corrected chi connectivity index (χ3v) is 5.67. The average Bonchev–Trinajstić information content (AvgIpc) is 2.78. The summed E-state index contributed by atoms with van der Waals surface area (Å²) in [6.07, 6.45) is 0. The van der Waals surface area contributed by atoms with Gasteiger partial charge in [-0.15, -0.1) is 0 Å². The Kier molecular flexibility index (Phi) is 7.75. The Morgan fingerprint density at radius 3 is 2.61 bits per heavy atom. The first kappa shape index (κ1) is 24.3. The minimum Gasteiger partial charge on any atom is -0.493 e. The van der Waals surface area contributed by atoms with E-state index in [1.54, 1.807) is 32.0 Å². The molecule has 0 aromatic heterocycles. The number of methoxy groups -OCH3 is 1. The molecule has 0 spiro atoms. The first-order valence-corrected chi connectivity index (χ1v) is 10.8. The van der Waals surface area contributed by atoms with E-state index in [0.29, 0.717) is 22.1 Å². The van der Waals surface area contributed by atoms with Gasteiger partial charge < -0.3 is 24.7 Å². The minimum absolute atomic E-state index is 0.0616. The van der Waals surface area contributed by atoms with Crippen LogP contribution in [0.5, 0.6) is 11.5 Å². The SMILES string of the molecule is CCOC(=O)C1=C(C)OC(N)=C(C#N)C1c1cc(Cl)c(OCc2ccccc2Cl)c(OC)c1.